The largest absolute Gasteiger partial charge is 0.493 e. The lowest BCUT2D eigenvalue weighted by atomic mass is 9.82. The second-order valence-electron chi connectivity index (χ2n) is 6.16. The number of hydrogen-bond donors (Lipinski definition) is 1. The van der Waals surface area contributed by atoms with Crippen LogP contribution in [-0.2, 0) is 4.79 Å². The Morgan fingerprint density at radius 1 is 1.25 bits per heavy atom. The molecule has 1 aliphatic rings. The summed E-state index contributed by atoms with van der Waals surface area (Å²) in [6, 6.07) is 5.31. The second kappa shape index (κ2) is 6.97. The number of anilines is 1. The number of methoxy groups -OCH3 is 3. The molecule has 2 rings (SSSR count). The van der Waals surface area contributed by atoms with E-state index in [1.54, 1.807) is 12.1 Å². The van der Waals surface area contributed by atoms with Gasteiger partial charge in [0.25, 0.3) is 0 Å². The summed E-state index contributed by atoms with van der Waals surface area (Å²) < 4.78 is 15.8. The van der Waals surface area contributed by atoms with Crippen LogP contribution in [0.3, 0.4) is 0 Å². The summed E-state index contributed by atoms with van der Waals surface area (Å²) in [7, 11) is 4.57. The molecular formula is C17H23N3O4. The summed E-state index contributed by atoms with van der Waals surface area (Å²) >= 11 is 0. The lowest BCUT2D eigenvalue weighted by Gasteiger charge is -2.46. The number of carbonyl (C=O) groups excluding carboxylic acids is 1. The Labute approximate surface area is 142 Å². The van der Waals surface area contributed by atoms with Gasteiger partial charge in [-0.05, 0) is 13.8 Å². The molecular weight excluding hydrogens is 310 g/mol. The summed E-state index contributed by atoms with van der Waals surface area (Å²) in [4.78, 5) is 14.4. The van der Waals surface area contributed by atoms with Crippen LogP contribution in [0.15, 0.2) is 12.1 Å². The highest BCUT2D eigenvalue weighted by atomic mass is 16.5. The molecule has 1 N–H and O–H groups in total. The van der Waals surface area contributed by atoms with Gasteiger partial charge in [0.2, 0.25) is 11.7 Å². The van der Waals surface area contributed by atoms with Crippen molar-refractivity contribution in [2.45, 2.75) is 19.9 Å². The number of carbonyl (C=O) groups is 1. The van der Waals surface area contributed by atoms with Crippen molar-refractivity contribution >= 4 is 11.6 Å². The summed E-state index contributed by atoms with van der Waals surface area (Å²) in [6.45, 7) is 4.90. The van der Waals surface area contributed by atoms with Gasteiger partial charge >= 0.3 is 0 Å². The van der Waals surface area contributed by atoms with E-state index in [1.165, 1.54) is 21.3 Å². The number of hydrogen-bond acceptors (Lipinski definition) is 6. The number of ether oxygens (including phenoxy) is 3. The molecule has 1 aromatic carbocycles. The second-order valence-corrected chi connectivity index (χ2v) is 6.16. The fourth-order valence-corrected chi connectivity index (χ4v) is 2.76. The first-order valence-electron chi connectivity index (χ1n) is 7.63. The Bertz CT molecular complexity index is 637. The van der Waals surface area contributed by atoms with Gasteiger partial charge in [-0.2, -0.15) is 5.26 Å². The van der Waals surface area contributed by atoms with Crippen molar-refractivity contribution in [1.29, 1.82) is 5.26 Å². The Balaban J connectivity index is 2.10. The maximum Gasteiger partial charge on any atom is 0.241 e. The number of benzene rings is 1. The standard InChI is InChI=1S/C17H23N3O4/c1-11(20-9-17(2,8-18)10-20)16(21)19-12-6-13(22-3)15(24-5)14(7-12)23-4/h6-7,11H,9-10H2,1-5H3,(H,19,21). The van der Waals surface area contributed by atoms with Crippen LogP contribution in [0.4, 0.5) is 5.69 Å². The van der Waals surface area contributed by atoms with Gasteiger partial charge in [0.05, 0.1) is 38.9 Å². The third-order valence-corrected chi connectivity index (χ3v) is 4.23. The first kappa shape index (κ1) is 17.9. The van der Waals surface area contributed by atoms with Gasteiger partial charge in [0.15, 0.2) is 11.5 Å². The third kappa shape index (κ3) is 3.39. The van der Waals surface area contributed by atoms with Crippen LogP contribution < -0.4 is 19.5 Å². The van der Waals surface area contributed by atoms with Crippen LogP contribution in [-0.4, -0.2) is 51.3 Å². The summed E-state index contributed by atoms with van der Waals surface area (Å²) in [5.41, 5.74) is 0.200. The van der Waals surface area contributed by atoms with E-state index in [2.05, 4.69) is 11.4 Å². The number of likely N-dealkylation sites (tertiary alicyclic amines) is 1. The van der Waals surface area contributed by atoms with E-state index >= 15 is 0 Å². The number of nitriles is 1. The maximum atomic E-state index is 12.5. The van der Waals surface area contributed by atoms with E-state index in [1.807, 2.05) is 18.7 Å². The van der Waals surface area contributed by atoms with Crippen molar-refractivity contribution in [2.24, 2.45) is 5.41 Å². The highest BCUT2D eigenvalue weighted by Crippen LogP contribution is 2.40. The molecule has 24 heavy (non-hydrogen) atoms. The van der Waals surface area contributed by atoms with Crippen LogP contribution >= 0.6 is 0 Å². The summed E-state index contributed by atoms with van der Waals surface area (Å²) in [5.74, 6) is 1.27. The zero-order chi connectivity index (χ0) is 17.9. The molecule has 0 spiro atoms. The maximum absolute atomic E-state index is 12.5. The Morgan fingerprint density at radius 2 is 1.79 bits per heavy atom. The van der Waals surface area contributed by atoms with Gasteiger partial charge in [0.1, 0.15) is 0 Å². The average Bonchev–Trinajstić information content (AvgIpc) is 2.57. The average molecular weight is 333 g/mol. The first-order valence-corrected chi connectivity index (χ1v) is 7.63. The molecule has 130 valence electrons. The fraction of sp³-hybridized carbons (Fsp3) is 0.529. The van der Waals surface area contributed by atoms with Gasteiger partial charge < -0.3 is 19.5 Å². The molecule has 1 fully saturated rings. The minimum atomic E-state index is -0.360. The topological polar surface area (TPSA) is 83.8 Å². The van der Waals surface area contributed by atoms with Crippen molar-refractivity contribution in [3.8, 4) is 23.3 Å². The number of nitrogens with one attached hydrogen (secondary N) is 1. The van der Waals surface area contributed by atoms with E-state index in [0.717, 1.165) is 0 Å². The summed E-state index contributed by atoms with van der Waals surface area (Å²) in [5, 5.41) is 11.9. The first-order chi connectivity index (χ1) is 11.4. The molecule has 1 atom stereocenters. The van der Waals surface area contributed by atoms with Crippen LogP contribution in [0.1, 0.15) is 13.8 Å². The van der Waals surface area contributed by atoms with Crippen LogP contribution in [0.25, 0.3) is 0 Å². The molecule has 0 aromatic heterocycles. The zero-order valence-electron chi connectivity index (χ0n) is 14.7. The lowest BCUT2D eigenvalue weighted by Crippen LogP contribution is -2.59. The molecule has 0 bridgehead atoms. The number of rotatable bonds is 6. The van der Waals surface area contributed by atoms with Crippen molar-refractivity contribution in [3.63, 3.8) is 0 Å². The van der Waals surface area contributed by atoms with Crippen molar-refractivity contribution in [2.75, 3.05) is 39.7 Å². The van der Waals surface area contributed by atoms with E-state index < -0.39 is 0 Å². The minimum absolute atomic E-state index is 0.149. The van der Waals surface area contributed by atoms with Crippen molar-refractivity contribution < 1.29 is 19.0 Å². The molecule has 1 aromatic rings. The van der Waals surface area contributed by atoms with Gasteiger partial charge in [-0.3, -0.25) is 9.69 Å². The summed E-state index contributed by atoms with van der Waals surface area (Å²) in [6.07, 6.45) is 0. The Hall–Kier alpha value is -2.46. The molecule has 7 heteroatoms. The van der Waals surface area contributed by atoms with E-state index in [9.17, 15) is 4.79 Å². The van der Waals surface area contributed by atoms with Gasteiger partial charge in [-0.25, -0.2) is 0 Å². The van der Waals surface area contributed by atoms with Gasteiger partial charge in [-0.15, -0.1) is 0 Å². The molecule has 0 saturated carbocycles. The highest BCUT2D eigenvalue weighted by Gasteiger charge is 2.42. The zero-order valence-corrected chi connectivity index (χ0v) is 14.7. The molecule has 7 nitrogen and oxygen atoms in total. The molecule has 0 radical (unpaired) electrons. The lowest BCUT2D eigenvalue weighted by molar-refractivity contribution is -0.124. The van der Waals surface area contributed by atoms with E-state index in [0.29, 0.717) is 36.0 Å². The van der Waals surface area contributed by atoms with Crippen LogP contribution in [0, 0.1) is 16.7 Å². The predicted molar refractivity (Wildman–Crippen MR) is 89.5 cm³/mol. The molecule has 1 unspecified atom stereocenters. The number of nitrogens with zero attached hydrogens (tertiary/aromatic N) is 2. The van der Waals surface area contributed by atoms with Crippen molar-refractivity contribution in [1.82, 2.24) is 4.90 Å². The smallest absolute Gasteiger partial charge is 0.241 e. The fourth-order valence-electron chi connectivity index (χ4n) is 2.76. The van der Waals surface area contributed by atoms with Gasteiger partial charge in [0, 0.05) is 30.9 Å². The van der Waals surface area contributed by atoms with Crippen molar-refractivity contribution in [3.05, 3.63) is 12.1 Å². The SMILES string of the molecule is COc1cc(NC(=O)C(C)N2CC(C)(C#N)C2)cc(OC)c1OC. The minimum Gasteiger partial charge on any atom is -0.493 e. The van der Waals surface area contributed by atoms with Gasteiger partial charge in [-0.1, -0.05) is 0 Å². The quantitative estimate of drug-likeness (QED) is 0.856. The number of amides is 1. The molecule has 0 aliphatic carbocycles. The Morgan fingerprint density at radius 3 is 2.21 bits per heavy atom. The third-order valence-electron chi connectivity index (χ3n) is 4.23. The van der Waals surface area contributed by atoms with E-state index in [4.69, 9.17) is 19.5 Å². The van der Waals surface area contributed by atoms with Crippen LogP contribution in [0.2, 0.25) is 0 Å². The molecule has 1 heterocycles. The Kier molecular flexibility index (Phi) is 5.20. The highest BCUT2D eigenvalue weighted by molar-refractivity contribution is 5.95. The monoisotopic (exact) mass is 333 g/mol. The molecule has 1 amide bonds. The molecule has 1 aliphatic heterocycles. The molecule has 1 saturated heterocycles. The normalized spacial score (nSPS) is 17.2. The van der Waals surface area contributed by atoms with Crippen LogP contribution in [0.5, 0.6) is 17.2 Å². The van der Waals surface area contributed by atoms with E-state index in [-0.39, 0.29) is 17.4 Å². The predicted octanol–water partition coefficient (Wildman–Crippen LogP) is 1.88.